The molecule has 0 saturated carbocycles. The molecule has 0 aliphatic carbocycles. The summed E-state index contributed by atoms with van der Waals surface area (Å²) in [5, 5.41) is 2.83. The first-order valence-corrected chi connectivity index (χ1v) is 12.4. The lowest BCUT2D eigenvalue weighted by molar-refractivity contribution is 0.0525. The molecular formula is C29H32N2O5. The average Bonchev–Trinajstić information content (AvgIpc) is 2.91. The Morgan fingerprint density at radius 3 is 2.08 bits per heavy atom. The maximum atomic E-state index is 12.5. The largest absolute Gasteiger partial charge is 0.457 e. The zero-order chi connectivity index (χ0) is 25.0. The van der Waals surface area contributed by atoms with Gasteiger partial charge < -0.3 is 24.4 Å². The highest BCUT2D eigenvalue weighted by molar-refractivity contribution is 5.71. The minimum absolute atomic E-state index is 0.201. The first kappa shape index (κ1) is 25.1. The third-order valence-electron chi connectivity index (χ3n) is 5.99. The van der Waals surface area contributed by atoms with E-state index in [9.17, 15) is 9.59 Å². The molecule has 7 heteroatoms. The standard InChI is InChI=1S/C29H32N2O5/c32-28(30-20-8-7-11-23-9-3-1-4-10-23)35-27-18-21-31(22-19-27)29(33)36-26-16-14-25(15-17-26)34-24-12-5-2-6-13-24/h1-6,9-10,12-17,27H,7-8,11,18-22H2,(H,30,32). The van der Waals surface area contributed by atoms with E-state index in [1.165, 1.54) is 5.56 Å². The van der Waals surface area contributed by atoms with Crippen LogP contribution in [0.15, 0.2) is 84.9 Å². The van der Waals surface area contributed by atoms with Gasteiger partial charge in [0, 0.05) is 32.5 Å². The predicted octanol–water partition coefficient (Wildman–Crippen LogP) is 6.19. The van der Waals surface area contributed by atoms with Crippen molar-refractivity contribution in [1.82, 2.24) is 10.2 Å². The van der Waals surface area contributed by atoms with Crippen molar-refractivity contribution in [3.63, 3.8) is 0 Å². The van der Waals surface area contributed by atoms with E-state index in [4.69, 9.17) is 14.2 Å². The lowest BCUT2D eigenvalue weighted by atomic mass is 10.1. The zero-order valence-electron chi connectivity index (χ0n) is 20.3. The maximum Gasteiger partial charge on any atom is 0.415 e. The minimum Gasteiger partial charge on any atom is -0.457 e. The van der Waals surface area contributed by atoms with Crippen molar-refractivity contribution in [3.05, 3.63) is 90.5 Å². The molecule has 1 aliphatic rings. The molecule has 188 valence electrons. The molecule has 7 nitrogen and oxygen atoms in total. The van der Waals surface area contributed by atoms with E-state index in [0.717, 1.165) is 25.0 Å². The number of para-hydroxylation sites is 1. The summed E-state index contributed by atoms with van der Waals surface area (Å²) in [6, 6.07) is 26.7. The fraction of sp³-hybridized carbons (Fsp3) is 0.310. The quantitative estimate of drug-likeness (QED) is 0.363. The topological polar surface area (TPSA) is 77.1 Å². The molecule has 3 aromatic rings. The molecule has 0 atom stereocenters. The second-order valence-corrected chi connectivity index (χ2v) is 8.72. The number of likely N-dealkylation sites (tertiary alicyclic amines) is 1. The number of hydrogen-bond donors (Lipinski definition) is 1. The fourth-order valence-corrected chi connectivity index (χ4v) is 4.00. The Hall–Kier alpha value is -4.00. The summed E-state index contributed by atoms with van der Waals surface area (Å²) in [5.41, 5.74) is 1.31. The number of nitrogens with one attached hydrogen (secondary N) is 1. The van der Waals surface area contributed by atoms with E-state index in [2.05, 4.69) is 17.4 Å². The average molecular weight is 489 g/mol. The number of carbonyl (C=O) groups excluding carboxylic acids is 2. The Morgan fingerprint density at radius 1 is 0.778 bits per heavy atom. The van der Waals surface area contributed by atoms with E-state index in [1.54, 1.807) is 29.2 Å². The van der Waals surface area contributed by atoms with Gasteiger partial charge in [-0.15, -0.1) is 0 Å². The number of piperidine rings is 1. The molecule has 0 spiro atoms. The van der Waals surface area contributed by atoms with Crippen LogP contribution < -0.4 is 14.8 Å². The number of aryl methyl sites for hydroxylation is 1. The third kappa shape index (κ3) is 8.05. The number of rotatable bonds is 9. The summed E-state index contributed by atoms with van der Waals surface area (Å²) in [6.07, 6.45) is 3.06. The van der Waals surface area contributed by atoms with Crippen LogP contribution in [-0.2, 0) is 11.2 Å². The van der Waals surface area contributed by atoms with Crippen LogP contribution in [0.2, 0.25) is 0 Å². The summed E-state index contributed by atoms with van der Waals surface area (Å²) in [5.74, 6) is 1.85. The van der Waals surface area contributed by atoms with Gasteiger partial charge in [-0.2, -0.15) is 0 Å². The zero-order valence-corrected chi connectivity index (χ0v) is 20.3. The molecule has 1 fully saturated rings. The van der Waals surface area contributed by atoms with Gasteiger partial charge in [-0.25, -0.2) is 9.59 Å². The summed E-state index contributed by atoms with van der Waals surface area (Å²) >= 11 is 0. The third-order valence-corrected chi connectivity index (χ3v) is 5.99. The second kappa shape index (κ2) is 13.2. The SMILES string of the molecule is O=C(NCCCCc1ccccc1)OC1CCN(C(=O)Oc2ccc(Oc3ccccc3)cc2)CC1. The van der Waals surface area contributed by atoms with E-state index in [1.807, 2.05) is 48.5 Å². The molecule has 0 aromatic heterocycles. The predicted molar refractivity (Wildman–Crippen MR) is 137 cm³/mol. The highest BCUT2D eigenvalue weighted by atomic mass is 16.6. The molecule has 1 N–H and O–H groups in total. The number of hydrogen-bond acceptors (Lipinski definition) is 5. The molecule has 0 radical (unpaired) electrons. The van der Waals surface area contributed by atoms with Crippen molar-refractivity contribution >= 4 is 12.2 Å². The Balaban J connectivity index is 1.10. The van der Waals surface area contributed by atoms with Gasteiger partial charge in [-0.05, 0) is 61.2 Å². The van der Waals surface area contributed by atoms with Gasteiger partial charge >= 0.3 is 12.2 Å². The van der Waals surface area contributed by atoms with Crippen LogP contribution in [-0.4, -0.2) is 42.8 Å². The van der Waals surface area contributed by atoms with Gasteiger partial charge in [-0.1, -0.05) is 48.5 Å². The van der Waals surface area contributed by atoms with Gasteiger partial charge in [-0.3, -0.25) is 0 Å². The Kier molecular flexibility index (Phi) is 9.19. The van der Waals surface area contributed by atoms with Crippen LogP contribution in [0.25, 0.3) is 0 Å². The molecule has 4 rings (SSSR count). The summed E-state index contributed by atoms with van der Waals surface area (Å²) in [7, 11) is 0. The van der Waals surface area contributed by atoms with Crippen molar-refractivity contribution in [2.24, 2.45) is 0 Å². The Bertz CT molecular complexity index is 1080. The minimum atomic E-state index is -0.409. The van der Waals surface area contributed by atoms with Gasteiger partial charge in [0.1, 0.15) is 23.4 Å². The first-order valence-electron chi connectivity index (χ1n) is 12.4. The molecule has 1 saturated heterocycles. The van der Waals surface area contributed by atoms with Gasteiger partial charge in [0.25, 0.3) is 0 Å². The van der Waals surface area contributed by atoms with Crippen molar-refractivity contribution < 1.29 is 23.8 Å². The number of nitrogens with zero attached hydrogens (tertiary/aromatic N) is 1. The van der Waals surface area contributed by atoms with Crippen LogP contribution in [0, 0.1) is 0 Å². The van der Waals surface area contributed by atoms with E-state index < -0.39 is 12.2 Å². The monoisotopic (exact) mass is 488 g/mol. The molecule has 0 unspecified atom stereocenters. The first-order chi connectivity index (χ1) is 17.7. The van der Waals surface area contributed by atoms with Crippen molar-refractivity contribution in [2.45, 2.75) is 38.2 Å². The Morgan fingerprint density at radius 2 is 1.39 bits per heavy atom. The summed E-state index contributed by atoms with van der Waals surface area (Å²) < 4.78 is 16.8. The summed E-state index contributed by atoms with van der Waals surface area (Å²) in [4.78, 5) is 26.3. The maximum absolute atomic E-state index is 12.5. The van der Waals surface area contributed by atoms with E-state index in [0.29, 0.717) is 44.0 Å². The summed E-state index contributed by atoms with van der Waals surface area (Å²) in [6.45, 7) is 1.54. The Labute approximate surface area is 212 Å². The van der Waals surface area contributed by atoms with Crippen molar-refractivity contribution in [3.8, 4) is 17.2 Å². The number of benzene rings is 3. The lowest BCUT2D eigenvalue weighted by Crippen LogP contribution is -2.43. The highest BCUT2D eigenvalue weighted by Gasteiger charge is 2.26. The molecule has 0 bridgehead atoms. The van der Waals surface area contributed by atoms with Crippen molar-refractivity contribution in [1.29, 1.82) is 0 Å². The lowest BCUT2D eigenvalue weighted by Gasteiger charge is -2.30. The van der Waals surface area contributed by atoms with Crippen LogP contribution in [0.5, 0.6) is 17.2 Å². The van der Waals surface area contributed by atoms with Crippen LogP contribution in [0.4, 0.5) is 9.59 Å². The molecule has 1 heterocycles. The second-order valence-electron chi connectivity index (χ2n) is 8.72. The normalized spacial score (nSPS) is 13.6. The fourth-order valence-electron chi connectivity index (χ4n) is 4.00. The van der Waals surface area contributed by atoms with Crippen molar-refractivity contribution in [2.75, 3.05) is 19.6 Å². The highest BCUT2D eigenvalue weighted by Crippen LogP contribution is 2.24. The number of carbonyl (C=O) groups is 2. The van der Waals surface area contributed by atoms with Crippen LogP contribution in [0.1, 0.15) is 31.2 Å². The van der Waals surface area contributed by atoms with Crippen LogP contribution >= 0.6 is 0 Å². The van der Waals surface area contributed by atoms with Gasteiger partial charge in [0.05, 0.1) is 0 Å². The van der Waals surface area contributed by atoms with Gasteiger partial charge in [0.15, 0.2) is 0 Å². The number of unbranched alkanes of at least 4 members (excludes halogenated alkanes) is 1. The number of amides is 2. The smallest absolute Gasteiger partial charge is 0.415 e. The van der Waals surface area contributed by atoms with E-state index in [-0.39, 0.29) is 6.10 Å². The number of alkyl carbamates (subject to hydrolysis) is 1. The molecule has 2 amide bonds. The number of ether oxygens (including phenoxy) is 3. The van der Waals surface area contributed by atoms with E-state index >= 15 is 0 Å². The molecule has 1 aliphatic heterocycles. The molecule has 36 heavy (non-hydrogen) atoms. The van der Waals surface area contributed by atoms with Crippen LogP contribution in [0.3, 0.4) is 0 Å². The molecular weight excluding hydrogens is 456 g/mol. The van der Waals surface area contributed by atoms with Gasteiger partial charge in [0.2, 0.25) is 0 Å². The molecule has 3 aromatic carbocycles.